The van der Waals surface area contributed by atoms with Crippen LogP contribution in [0.3, 0.4) is 0 Å². The number of hydrazine groups is 1. The number of carboxylic acids is 1. The maximum Gasteiger partial charge on any atom is 0.342 e. The van der Waals surface area contributed by atoms with Crippen molar-refractivity contribution in [2.24, 2.45) is 11.6 Å². The average molecular weight is 420 g/mol. The van der Waals surface area contributed by atoms with E-state index in [1.165, 1.54) is 11.8 Å². The van der Waals surface area contributed by atoms with Crippen LogP contribution in [-0.4, -0.2) is 54.1 Å². The quantitative estimate of drug-likeness (QED) is 0.420. The van der Waals surface area contributed by atoms with Crippen LogP contribution >= 0.6 is 11.8 Å². The van der Waals surface area contributed by atoms with Gasteiger partial charge in [0.1, 0.15) is 16.9 Å². The van der Waals surface area contributed by atoms with Crippen molar-refractivity contribution in [3.63, 3.8) is 0 Å². The molecule has 0 radical (unpaired) electrons. The first-order chi connectivity index (χ1) is 13.8. The van der Waals surface area contributed by atoms with Crippen LogP contribution in [0.5, 0.6) is 0 Å². The Morgan fingerprint density at radius 3 is 2.72 bits per heavy atom. The number of pyridine rings is 1. The summed E-state index contributed by atoms with van der Waals surface area (Å²) in [6, 6.07) is -0.0786. The summed E-state index contributed by atoms with van der Waals surface area (Å²) in [4.78, 5) is 28.9. The van der Waals surface area contributed by atoms with Crippen LogP contribution in [0, 0.1) is 5.82 Å². The molecule has 3 aliphatic heterocycles. The number of nitrogens with zero attached hydrogens (tertiary/aromatic N) is 3. The summed E-state index contributed by atoms with van der Waals surface area (Å²) < 4.78 is 17.6. The predicted octanol–water partition coefficient (Wildman–Crippen LogP) is 0.758. The first kappa shape index (κ1) is 18.5. The highest BCUT2D eigenvalue weighted by molar-refractivity contribution is 7.99. The van der Waals surface area contributed by atoms with Gasteiger partial charge in [0.2, 0.25) is 5.43 Å². The number of aromatic nitrogens is 1. The summed E-state index contributed by atoms with van der Waals surface area (Å²) in [5.74, 6) is 4.31. The van der Waals surface area contributed by atoms with Gasteiger partial charge in [0.05, 0.1) is 27.7 Å². The molecule has 0 bridgehead atoms. The molecule has 154 valence electrons. The number of carboxylic acid groups (broad SMARTS) is 1. The number of hydrogen-bond acceptors (Lipinski definition) is 8. The van der Waals surface area contributed by atoms with E-state index in [1.54, 1.807) is 0 Å². The second-order valence-corrected chi connectivity index (χ2v) is 8.79. The zero-order valence-electron chi connectivity index (χ0n) is 15.7. The zero-order chi connectivity index (χ0) is 20.6. The van der Waals surface area contributed by atoms with Crippen molar-refractivity contribution in [1.29, 1.82) is 0 Å². The molecular weight excluding hydrogens is 399 g/mol. The first-order valence-electron chi connectivity index (χ1n) is 9.37. The third-order valence-corrected chi connectivity index (χ3v) is 7.26. The molecule has 4 heterocycles. The molecule has 9 nitrogen and oxygen atoms in total. The predicted molar refractivity (Wildman–Crippen MR) is 111 cm³/mol. The van der Waals surface area contributed by atoms with Crippen LogP contribution in [0.2, 0.25) is 0 Å². The number of halogens is 1. The van der Waals surface area contributed by atoms with Gasteiger partial charge in [-0.3, -0.25) is 10.6 Å². The lowest BCUT2D eigenvalue weighted by Gasteiger charge is -2.37. The van der Waals surface area contributed by atoms with E-state index in [-0.39, 0.29) is 28.7 Å². The lowest BCUT2D eigenvalue weighted by molar-refractivity contribution is 0.0690. The number of likely N-dealkylation sites (N-methyl/N-ethyl adjacent to an activating group) is 1. The Kier molecular flexibility index (Phi) is 3.99. The highest BCUT2D eigenvalue weighted by Gasteiger charge is 2.40. The average Bonchev–Trinajstić information content (AvgIpc) is 3.27. The molecule has 11 heteroatoms. The Hall–Kier alpha value is -2.50. The molecule has 0 amide bonds. The second kappa shape index (κ2) is 6.25. The van der Waals surface area contributed by atoms with Gasteiger partial charge in [-0.05, 0) is 6.42 Å². The number of carbonyl (C=O) groups is 1. The molecule has 1 aromatic heterocycles. The van der Waals surface area contributed by atoms with Crippen LogP contribution in [0.4, 0.5) is 21.5 Å². The monoisotopic (exact) mass is 420 g/mol. The van der Waals surface area contributed by atoms with Crippen molar-refractivity contribution in [1.82, 2.24) is 4.57 Å². The van der Waals surface area contributed by atoms with Gasteiger partial charge < -0.3 is 30.6 Å². The first-order valence-corrected chi connectivity index (χ1v) is 10.4. The van der Waals surface area contributed by atoms with Gasteiger partial charge in [0.15, 0.2) is 5.82 Å². The number of benzene rings is 1. The maximum absolute atomic E-state index is 15.7. The van der Waals surface area contributed by atoms with Crippen LogP contribution in [0.25, 0.3) is 10.9 Å². The molecule has 1 saturated heterocycles. The summed E-state index contributed by atoms with van der Waals surface area (Å²) in [7, 11) is 1.87. The fourth-order valence-electron chi connectivity index (χ4n) is 4.83. The van der Waals surface area contributed by atoms with Crippen LogP contribution < -0.4 is 32.2 Å². The summed E-state index contributed by atoms with van der Waals surface area (Å²) in [5.41, 5.74) is 8.63. The molecule has 3 aliphatic rings. The number of nitrogen functional groups attached to an aromatic ring is 1. The van der Waals surface area contributed by atoms with E-state index in [2.05, 4.69) is 5.43 Å². The van der Waals surface area contributed by atoms with E-state index in [1.807, 2.05) is 21.4 Å². The third-order valence-electron chi connectivity index (χ3n) is 6.03. The zero-order valence-corrected chi connectivity index (χ0v) is 16.6. The molecule has 1 fully saturated rings. The SMILES string of the molecule is CN1CC2CSc3c(C(=O)O)c(=O)c4c(NN)c(F)c(N5CCC(N)C5)c1c4n32. The molecule has 5 rings (SSSR count). The Balaban J connectivity index is 1.98. The Bertz CT molecular complexity index is 1140. The fraction of sp³-hybridized carbons (Fsp3) is 0.444. The van der Waals surface area contributed by atoms with Gasteiger partial charge >= 0.3 is 5.97 Å². The molecule has 29 heavy (non-hydrogen) atoms. The molecule has 0 spiro atoms. The van der Waals surface area contributed by atoms with E-state index in [9.17, 15) is 14.7 Å². The van der Waals surface area contributed by atoms with Gasteiger partial charge in [-0.15, -0.1) is 11.8 Å². The molecule has 1 aromatic carbocycles. The number of rotatable bonds is 3. The van der Waals surface area contributed by atoms with E-state index in [0.29, 0.717) is 47.3 Å². The summed E-state index contributed by atoms with van der Waals surface area (Å²) >= 11 is 1.35. The smallest absolute Gasteiger partial charge is 0.342 e. The van der Waals surface area contributed by atoms with E-state index >= 15 is 4.39 Å². The van der Waals surface area contributed by atoms with Crippen molar-refractivity contribution >= 4 is 45.7 Å². The highest BCUT2D eigenvalue weighted by atomic mass is 32.2. The maximum atomic E-state index is 15.7. The van der Waals surface area contributed by atoms with Gasteiger partial charge in [0, 0.05) is 38.5 Å². The minimum atomic E-state index is -1.32. The molecule has 2 aromatic rings. The highest BCUT2D eigenvalue weighted by Crippen LogP contribution is 2.50. The minimum absolute atomic E-state index is 0.0153. The van der Waals surface area contributed by atoms with Crippen molar-refractivity contribution in [3.8, 4) is 0 Å². The van der Waals surface area contributed by atoms with Crippen LogP contribution in [0.1, 0.15) is 22.8 Å². The second-order valence-electron chi connectivity index (χ2n) is 7.78. The Labute approximate surface area is 169 Å². The largest absolute Gasteiger partial charge is 0.477 e. The number of aromatic carboxylic acids is 1. The number of nitrogens with two attached hydrogens (primary N) is 2. The number of anilines is 3. The van der Waals surface area contributed by atoms with Crippen molar-refractivity contribution < 1.29 is 14.3 Å². The molecule has 2 unspecified atom stereocenters. The Morgan fingerprint density at radius 1 is 1.34 bits per heavy atom. The molecule has 6 N–H and O–H groups in total. The molecule has 0 aliphatic carbocycles. The van der Waals surface area contributed by atoms with Gasteiger partial charge in [0.25, 0.3) is 0 Å². The van der Waals surface area contributed by atoms with Gasteiger partial charge in [-0.1, -0.05) is 0 Å². The van der Waals surface area contributed by atoms with Crippen molar-refractivity contribution in [2.45, 2.75) is 23.5 Å². The fourth-order valence-corrected chi connectivity index (χ4v) is 6.14. The standard InChI is InChI=1S/C18H21FN6O3S/c1-23-5-8-6-29-17-10(18(27)28)16(26)9-12(22-21)11(19)14(15(23)13(9)25(8)17)24-3-2-7(20)4-24/h7-8,22H,2-6,20-21H2,1H3,(H,27,28). The minimum Gasteiger partial charge on any atom is -0.477 e. The van der Waals surface area contributed by atoms with Crippen LogP contribution in [0.15, 0.2) is 9.82 Å². The molecule has 2 atom stereocenters. The lowest BCUT2D eigenvalue weighted by Crippen LogP contribution is -2.37. The number of thioether (sulfide) groups is 1. The van der Waals surface area contributed by atoms with E-state index in [0.717, 1.165) is 6.42 Å². The topological polar surface area (TPSA) is 130 Å². The summed E-state index contributed by atoms with van der Waals surface area (Å²) in [6.07, 6.45) is 0.737. The number of nitrogens with one attached hydrogen (secondary N) is 1. The van der Waals surface area contributed by atoms with Gasteiger partial charge in [-0.2, -0.15) is 0 Å². The molecular formula is C18H21FN6O3S. The third kappa shape index (κ3) is 2.34. The summed E-state index contributed by atoms with van der Waals surface area (Å²) in [6.45, 7) is 1.68. The van der Waals surface area contributed by atoms with Crippen molar-refractivity contribution in [3.05, 3.63) is 21.6 Å². The lowest BCUT2D eigenvalue weighted by atomic mass is 10.0. The van der Waals surface area contributed by atoms with Gasteiger partial charge in [-0.25, -0.2) is 9.18 Å². The normalized spacial score (nSPS) is 22.6. The number of hydrogen-bond donors (Lipinski definition) is 4. The van der Waals surface area contributed by atoms with E-state index in [4.69, 9.17) is 11.6 Å². The van der Waals surface area contributed by atoms with Crippen molar-refractivity contribution in [2.75, 3.05) is 47.7 Å². The van der Waals surface area contributed by atoms with Crippen LogP contribution in [-0.2, 0) is 0 Å². The molecule has 0 saturated carbocycles. The summed E-state index contributed by atoms with van der Waals surface area (Å²) in [5, 5.41) is 10.1. The van der Waals surface area contributed by atoms with E-state index < -0.39 is 17.2 Å². The Morgan fingerprint density at radius 2 is 2.10 bits per heavy atom.